The number of benzene rings is 3. The van der Waals surface area contributed by atoms with Gasteiger partial charge in [-0.25, -0.2) is 8.42 Å². The molecule has 2 aliphatic rings. The number of fused-ring (bicyclic) bond motifs is 1. The van der Waals surface area contributed by atoms with Gasteiger partial charge < -0.3 is 9.84 Å². The third kappa shape index (κ3) is 4.84. The Kier molecular flexibility index (Phi) is 5.73. The Morgan fingerprint density at radius 1 is 1.08 bits per heavy atom. The lowest BCUT2D eigenvalue weighted by atomic mass is 9.92. The minimum Gasteiger partial charge on any atom is -0.396 e. The average molecular weight is 629 g/mol. The first-order valence-corrected chi connectivity index (χ1v) is 14.7. The molecule has 5 rings (SSSR count). The monoisotopic (exact) mass is 627 g/mol. The van der Waals surface area contributed by atoms with Gasteiger partial charge in [0.05, 0.1) is 30.0 Å². The lowest BCUT2D eigenvalue weighted by Crippen LogP contribution is -2.47. The van der Waals surface area contributed by atoms with Crippen LogP contribution < -0.4 is 0 Å². The summed E-state index contributed by atoms with van der Waals surface area (Å²) in [6.07, 6.45) is 1.01. The summed E-state index contributed by atoms with van der Waals surface area (Å²) in [5.74, 6) is -0.585. The normalized spacial score (nSPS) is 22.6. The summed E-state index contributed by atoms with van der Waals surface area (Å²) in [6, 6.07) is 15.2. The lowest BCUT2D eigenvalue weighted by molar-refractivity contribution is -0.129. The molecule has 1 N–H and O–H groups in total. The molecule has 1 amide bonds. The van der Waals surface area contributed by atoms with E-state index in [0.29, 0.717) is 9.50 Å². The zero-order valence-corrected chi connectivity index (χ0v) is 23.4. The summed E-state index contributed by atoms with van der Waals surface area (Å²) in [5.41, 5.74) is -3.03. The highest BCUT2D eigenvalue weighted by Gasteiger charge is 2.55. The quantitative estimate of drug-likeness (QED) is 0.341. The second kappa shape index (κ2) is 9.67. The summed E-state index contributed by atoms with van der Waals surface area (Å²) in [5, 5.41) is 10.9. The third-order valence-corrected chi connectivity index (χ3v) is 8.71. The van der Waals surface area contributed by atoms with E-state index in [1.165, 1.54) is 23.1 Å². The van der Waals surface area contributed by atoms with Crippen LogP contribution in [0.2, 0.25) is 10.0 Å². The fourth-order valence-corrected chi connectivity index (χ4v) is 6.14. The first kappa shape index (κ1) is 21.9. The maximum atomic E-state index is 14.2. The van der Waals surface area contributed by atoms with Crippen molar-refractivity contribution in [1.82, 2.24) is 4.90 Å². The molecule has 10 heteroatoms. The molecule has 0 aromatic heterocycles. The number of sulfone groups is 1. The highest BCUT2D eigenvalue weighted by Crippen LogP contribution is 2.51. The van der Waals surface area contributed by atoms with Crippen molar-refractivity contribution in [3.63, 3.8) is 0 Å². The smallest absolute Gasteiger partial charge is 0.257 e. The summed E-state index contributed by atoms with van der Waals surface area (Å²) in [7, 11) is -3.81. The van der Waals surface area contributed by atoms with Crippen LogP contribution in [0.5, 0.6) is 0 Å². The molecule has 1 fully saturated rings. The van der Waals surface area contributed by atoms with Crippen molar-refractivity contribution >= 4 is 54.9 Å². The minimum absolute atomic E-state index is 0.00322. The van der Waals surface area contributed by atoms with E-state index in [0.717, 1.165) is 6.26 Å². The highest BCUT2D eigenvalue weighted by atomic mass is 79.9. The molecule has 3 aromatic rings. The number of hydrogen-bond acceptors (Lipinski definition) is 5. The molecule has 0 saturated heterocycles. The molecule has 0 radical (unpaired) electrons. The van der Waals surface area contributed by atoms with E-state index < -0.39 is 40.0 Å². The molecular formula is C27H24BrCl2NO5S. The number of halogens is 3. The largest absolute Gasteiger partial charge is 0.396 e. The Morgan fingerprint density at radius 2 is 1.76 bits per heavy atom. The van der Waals surface area contributed by atoms with Crippen LogP contribution in [0.25, 0.3) is 0 Å². The van der Waals surface area contributed by atoms with Crippen LogP contribution in [0.3, 0.4) is 0 Å². The SMILES string of the molecule is [2H]C([2H])(O)C1(C([2H])([2H])OC2(c3ccc(Cl)cc3)c3ccc(Br)cc3C(=O)N2Cc2ccc(Cl)cc2S(C)(=O)=O)CC1. The fourth-order valence-electron chi connectivity index (χ4n) is 4.47. The highest BCUT2D eigenvalue weighted by molar-refractivity contribution is 9.10. The molecule has 37 heavy (non-hydrogen) atoms. The van der Waals surface area contributed by atoms with Gasteiger partial charge in [-0.15, -0.1) is 0 Å². The Labute approximate surface area is 239 Å². The molecule has 1 unspecified atom stereocenters. The van der Waals surface area contributed by atoms with Gasteiger partial charge in [-0.05, 0) is 54.8 Å². The van der Waals surface area contributed by atoms with Crippen LogP contribution in [0, 0.1) is 5.41 Å². The van der Waals surface area contributed by atoms with E-state index in [1.807, 2.05) is 0 Å². The molecule has 0 bridgehead atoms. The van der Waals surface area contributed by atoms with Gasteiger partial charge in [0.1, 0.15) is 0 Å². The number of hydrogen-bond donors (Lipinski definition) is 1. The number of rotatable bonds is 8. The second-order valence-electron chi connectivity index (χ2n) is 9.15. The average Bonchev–Trinajstić information content (AvgIpc) is 3.67. The molecule has 1 saturated carbocycles. The number of amides is 1. The molecule has 1 heterocycles. The summed E-state index contributed by atoms with van der Waals surface area (Å²) in [4.78, 5) is 15.3. The summed E-state index contributed by atoms with van der Waals surface area (Å²) >= 11 is 15.7. The molecule has 1 aliphatic heterocycles. The standard InChI is InChI=1S/C27H24BrCl2NO5S/c1-37(34,35)24-13-21(30)6-2-17(24)14-31-25(33)22-12-19(28)5-9-23(22)27(31,18-3-7-20(29)8-4-18)36-16-26(15-32)10-11-26/h2-9,12-13,32H,10-11,14-16H2,1H3/i15D2,16D2. The van der Waals surface area contributed by atoms with Crippen molar-refractivity contribution < 1.29 is 28.5 Å². The van der Waals surface area contributed by atoms with Crippen molar-refractivity contribution in [2.75, 3.05) is 19.4 Å². The van der Waals surface area contributed by atoms with E-state index in [2.05, 4.69) is 15.9 Å². The molecule has 1 atom stereocenters. The first-order valence-electron chi connectivity index (χ1n) is 13.2. The maximum absolute atomic E-state index is 14.2. The van der Waals surface area contributed by atoms with Crippen LogP contribution in [0.1, 0.15) is 45.4 Å². The van der Waals surface area contributed by atoms with Gasteiger partial charge in [0.25, 0.3) is 5.91 Å². The zero-order valence-electron chi connectivity index (χ0n) is 23.5. The van der Waals surface area contributed by atoms with E-state index in [1.54, 1.807) is 42.5 Å². The first-order chi connectivity index (χ1) is 18.9. The van der Waals surface area contributed by atoms with Gasteiger partial charge in [0.2, 0.25) is 0 Å². The topological polar surface area (TPSA) is 83.9 Å². The predicted molar refractivity (Wildman–Crippen MR) is 146 cm³/mol. The summed E-state index contributed by atoms with van der Waals surface area (Å²) in [6.45, 7) is -6.09. The molecule has 194 valence electrons. The Hall–Kier alpha value is -1.94. The van der Waals surface area contributed by atoms with Gasteiger partial charge in [0.15, 0.2) is 15.6 Å². The minimum atomic E-state index is -3.81. The van der Waals surface area contributed by atoms with Gasteiger partial charge in [-0.3, -0.25) is 9.69 Å². The van der Waals surface area contributed by atoms with Crippen molar-refractivity contribution in [2.24, 2.45) is 5.41 Å². The Balaban J connectivity index is 1.79. The number of ether oxygens (including phenoxy) is 1. The van der Waals surface area contributed by atoms with Crippen molar-refractivity contribution in [1.29, 1.82) is 0 Å². The molecule has 0 spiro atoms. The van der Waals surface area contributed by atoms with Crippen LogP contribution in [0.4, 0.5) is 0 Å². The van der Waals surface area contributed by atoms with Crippen molar-refractivity contribution in [3.05, 3.63) is 97.4 Å². The van der Waals surface area contributed by atoms with Crippen LogP contribution in [-0.4, -0.2) is 43.7 Å². The third-order valence-electron chi connectivity index (χ3n) is 6.55. The lowest BCUT2D eigenvalue weighted by Gasteiger charge is -2.40. The van der Waals surface area contributed by atoms with Crippen LogP contribution in [0.15, 0.2) is 70.0 Å². The predicted octanol–water partition coefficient (Wildman–Crippen LogP) is 5.81. The van der Waals surface area contributed by atoms with Gasteiger partial charge >= 0.3 is 0 Å². The Morgan fingerprint density at radius 3 is 2.38 bits per heavy atom. The molecule has 3 aromatic carbocycles. The zero-order chi connectivity index (χ0) is 30.2. The van der Waals surface area contributed by atoms with Crippen LogP contribution >= 0.6 is 39.1 Å². The van der Waals surface area contributed by atoms with E-state index in [-0.39, 0.29) is 51.6 Å². The number of carbonyl (C=O) groups is 1. The van der Waals surface area contributed by atoms with Crippen molar-refractivity contribution in [3.8, 4) is 0 Å². The number of nitrogens with zero attached hydrogens (tertiary/aromatic N) is 1. The van der Waals surface area contributed by atoms with Crippen molar-refractivity contribution in [2.45, 2.75) is 30.0 Å². The molecular weight excluding hydrogens is 601 g/mol. The van der Waals surface area contributed by atoms with Gasteiger partial charge in [-0.2, -0.15) is 0 Å². The van der Waals surface area contributed by atoms with E-state index in [4.69, 9.17) is 33.4 Å². The van der Waals surface area contributed by atoms with Gasteiger partial charge in [0, 0.05) is 42.9 Å². The number of carbonyl (C=O) groups excluding carboxylic acids is 1. The second-order valence-corrected chi connectivity index (χ2v) is 12.9. The maximum Gasteiger partial charge on any atom is 0.257 e. The fraction of sp³-hybridized carbons (Fsp3) is 0.296. The summed E-state index contributed by atoms with van der Waals surface area (Å²) < 4.78 is 66.3. The van der Waals surface area contributed by atoms with E-state index >= 15 is 0 Å². The van der Waals surface area contributed by atoms with E-state index in [9.17, 15) is 18.3 Å². The molecule has 1 aliphatic carbocycles. The molecule has 6 nitrogen and oxygen atoms in total. The number of aliphatic hydroxyl groups is 1. The Bertz CT molecular complexity index is 1660. The van der Waals surface area contributed by atoms with Crippen LogP contribution in [-0.2, 0) is 26.8 Å². The van der Waals surface area contributed by atoms with Gasteiger partial charge in [-0.1, -0.05) is 63.4 Å².